The summed E-state index contributed by atoms with van der Waals surface area (Å²) in [6, 6.07) is 0.199. The maximum absolute atomic E-state index is 12.3. The van der Waals surface area contributed by atoms with Gasteiger partial charge in [0.15, 0.2) is 5.82 Å². The fourth-order valence-electron chi connectivity index (χ4n) is 3.02. The second kappa shape index (κ2) is 6.21. The molecule has 0 aromatic carbocycles. The van der Waals surface area contributed by atoms with Crippen LogP contribution in [0.25, 0.3) is 0 Å². The molecular formula is C13H20ClN5O2. The molecule has 0 radical (unpaired) electrons. The summed E-state index contributed by atoms with van der Waals surface area (Å²) >= 11 is 5.95. The Labute approximate surface area is 128 Å². The number of carbonyl (C=O) groups is 1. The number of nitrogens with one attached hydrogen (secondary N) is 2. The van der Waals surface area contributed by atoms with Crippen LogP contribution in [-0.4, -0.2) is 59.4 Å². The van der Waals surface area contributed by atoms with Crippen molar-refractivity contribution in [1.82, 2.24) is 20.4 Å². The summed E-state index contributed by atoms with van der Waals surface area (Å²) in [5.41, 5.74) is 5.75. The maximum Gasteiger partial charge on any atom is 0.271 e. The number of nitrogens with zero attached hydrogens (tertiary/aromatic N) is 2. The number of carbonyl (C=O) groups excluding carboxylic acids is 1. The largest absolute Gasteiger partial charge is 0.381 e. The highest BCUT2D eigenvalue weighted by Crippen LogP contribution is 2.22. The molecule has 0 unspecified atom stereocenters. The van der Waals surface area contributed by atoms with Crippen molar-refractivity contribution in [2.75, 3.05) is 32.0 Å². The predicted octanol–water partition coefficient (Wildman–Crippen LogP) is 0.628. The van der Waals surface area contributed by atoms with Gasteiger partial charge in [0, 0.05) is 0 Å². The summed E-state index contributed by atoms with van der Waals surface area (Å²) < 4.78 is 5.56. The number of halogens is 1. The summed E-state index contributed by atoms with van der Waals surface area (Å²) in [4.78, 5) is 14.7. The van der Waals surface area contributed by atoms with E-state index in [0.29, 0.717) is 13.2 Å². The lowest BCUT2D eigenvalue weighted by Gasteiger charge is -2.34. The SMILES string of the molecule is Nc1n[nH]c(C(=O)N[C@H]2COC[C@@H]2N2CCCCC2)c1Cl. The normalized spacial score (nSPS) is 26.9. The number of likely N-dealkylation sites (tertiary alicyclic amines) is 1. The number of anilines is 1. The van der Waals surface area contributed by atoms with Gasteiger partial charge in [-0.25, -0.2) is 0 Å². The highest BCUT2D eigenvalue weighted by Gasteiger charge is 2.35. The second-order valence-electron chi connectivity index (χ2n) is 5.58. The molecule has 0 spiro atoms. The lowest BCUT2D eigenvalue weighted by Crippen LogP contribution is -2.52. The van der Waals surface area contributed by atoms with Gasteiger partial charge in [-0.1, -0.05) is 18.0 Å². The Morgan fingerprint density at radius 3 is 2.81 bits per heavy atom. The molecule has 7 nitrogen and oxygen atoms in total. The van der Waals surface area contributed by atoms with Crippen LogP contribution in [0, 0.1) is 0 Å². The van der Waals surface area contributed by atoms with E-state index in [0.717, 1.165) is 13.1 Å². The van der Waals surface area contributed by atoms with Crippen molar-refractivity contribution in [3.8, 4) is 0 Å². The Kier molecular flexibility index (Phi) is 4.32. The molecule has 2 atom stereocenters. The number of rotatable bonds is 3. The minimum Gasteiger partial charge on any atom is -0.381 e. The Balaban J connectivity index is 1.65. The number of aromatic amines is 1. The van der Waals surface area contributed by atoms with Gasteiger partial charge in [-0.2, -0.15) is 5.10 Å². The van der Waals surface area contributed by atoms with E-state index in [1.807, 2.05) is 0 Å². The van der Waals surface area contributed by atoms with Gasteiger partial charge in [0.2, 0.25) is 0 Å². The van der Waals surface area contributed by atoms with Crippen molar-refractivity contribution >= 4 is 23.3 Å². The van der Waals surface area contributed by atoms with Crippen LogP contribution in [-0.2, 0) is 4.74 Å². The first-order valence-corrected chi connectivity index (χ1v) is 7.66. The number of nitrogens with two attached hydrogens (primary N) is 1. The Hall–Kier alpha value is -1.31. The topological polar surface area (TPSA) is 96.3 Å². The highest BCUT2D eigenvalue weighted by atomic mass is 35.5. The number of aromatic nitrogens is 2. The van der Waals surface area contributed by atoms with Gasteiger partial charge >= 0.3 is 0 Å². The number of amides is 1. The number of ether oxygens (including phenoxy) is 1. The van der Waals surface area contributed by atoms with E-state index in [4.69, 9.17) is 22.1 Å². The lowest BCUT2D eigenvalue weighted by molar-refractivity contribution is 0.0895. The molecule has 4 N–H and O–H groups in total. The van der Waals surface area contributed by atoms with E-state index < -0.39 is 0 Å². The molecule has 1 amide bonds. The molecule has 3 heterocycles. The standard InChI is InChI=1S/C13H20ClN5O2/c14-10-11(17-18-12(10)15)13(20)16-8-6-21-7-9(8)19-4-2-1-3-5-19/h8-9H,1-7H2,(H,16,20)(H3,15,17,18)/t8-,9-/m0/s1. The van der Waals surface area contributed by atoms with Crippen LogP contribution in [0.2, 0.25) is 5.02 Å². The highest BCUT2D eigenvalue weighted by molar-refractivity contribution is 6.35. The number of piperidine rings is 1. The zero-order valence-corrected chi connectivity index (χ0v) is 12.5. The van der Waals surface area contributed by atoms with Crippen molar-refractivity contribution in [1.29, 1.82) is 0 Å². The molecule has 21 heavy (non-hydrogen) atoms. The van der Waals surface area contributed by atoms with Crippen LogP contribution < -0.4 is 11.1 Å². The number of H-pyrrole nitrogens is 1. The quantitative estimate of drug-likeness (QED) is 0.760. The van der Waals surface area contributed by atoms with Gasteiger partial charge in [0.25, 0.3) is 5.91 Å². The summed E-state index contributed by atoms with van der Waals surface area (Å²) in [6.07, 6.45) is 3.70. The second-order valence-corrected chi connectivity index (χ2v) is 5.96. The number of nitrogen functional groups attached to an aromatic ring is 1. The summed E-state index contributed by atoms with van der Waals surface area (Å²) in [6.45, 7) is 3.31. The summed E-state index contributed by atoms with van der Waals surface area (Å²) in [7, 11) is 0. The minimum atomic E-state index is -0.290. The van der Waals surface area contributed by atoms with E-state index in [1.54, 1.807) is 0 Å². The molecule has 1 aromatic rings. The van der Waals surface area contributed by atoms with E-state index in [2.05, 4.69) is 20.4 Å². The third-order valence-corrected chi connectivity index (χ3v) is 4.57. The first-order chi connectivity index (χ1) is 10.2. The van der Waals surface area contributed by atoms with E-state index >= 15 is 0 Å². The van der Waals surface area contributed by atoms with Crippen molar-refractivity contribution < 1.29 is 9.53 Å². The van der Waals surface area contributed by atoms with Crippen LogP contribution in [0.1, 0.15) is 29.8 Å². The van der Waals surface area contributed by atoms with Gasteiger partial charge in [-0.05, 0) is 25.9 Å². The molecule has 0 saturated carbocycles. The fraction of sp³-hybridized carbons (Fsp3) is 0.692. The van der Waals surface area contributed by atoms with Crippen molar-refractivity contribution in [3.05, 3.63) is 10.7 Å². The van der Waals surface area contributed by atoms with Gasteiger partial charge < -0.3 is 15.8 Å². The molecule has 2 fully saturated rings. The van der Waals surface area contributed by atoms with Crippen LogP contribution in [0.3, 0.4) is 0 Å². The lowest BCUT2D eigenvalue weighted by atomic mass is 10.0. The molecular weight excluding hydrogens is 294 g/mol. The molecule has 8 heteroatoms. The van der Waals surface area contributed by atoms with Gasteiger partial charge in [0.05, 0.1) is 25.3 Å². The molecule has 2 saturated heterocycles. The molecule has 3 rings (SSSR count). The molecule has 1 aromatic heterocycles. The molecule has 116 valence electrons. The van der Waals surface area contributed by atoms with E-state index in [9.17, 15) is 4.79 Å². The minimum absolute atomic E-state index is 0.0313. The third kappa shape index (κ3) is 3.00. The maximum atomic E-state index is 12.3. The van der Waals surface area contributed by atoms with Gasteiger partial charge in [-0.15, -0.1) is 0 Å². The van der Waals surface area contributed by atoms with E-state index in [-0.39, 0.29) is 34.5 Å². The first-order valence-electron chi connectivity index (χ1n) is 7.29. The first kappa shape index (κ1) is 14.6. The Bertz CT molecular complexity index is 515. The summed E-state index contributed by atoms with van der Waals surface area (Å²) in [5, 5.41) is 9.45. The molecule has 2 aliphatic heterocycles. The predicted molar refractivity (Wildman–Crippen MR) is 79.3 cm³/mol. The zero-order valence-electron chi connectivity index (χ0n) is 11.8. The van der Waals surface area contributed by atoms with E-state index in [1.165, 1.54) is 19.3 Å². The fourth-order valence-corrected chi connectivity index (χ4v) is 3.19. The van der Waals surface area contributed by atoms with Crippen LogP contribution in [0.4, 0.5) is 5.82 Å². The monoisotopic (exact) mass is 313 g/mol. The van der Waals surface area contributed by atoms with Crippen molar-refractivity contribution in [2.45, 2.75) is 31.3 Å². The third-order valence-electron chi connectivity index (χ3n) is 4.19. The van der Waals surface area contributed by atoms with Crippen LogP contribution in [0.5, 0.6) is 0 Å². The van der Waals surface area contributed by atoms with Crippen molar-refractivity contribution in [2.24, 2.45) is 0 Å². The zero-order chi connectivity index (χ0) is 14.8. The average Bonchev–Trinajstić information content (AvgIpc) is 3.08. The molecule has 0 aliphatic carbocycles. The van der Waals surface area contributed by atoms with Gasteiger partial charge in [-0.3, -0.25) is 14.8 Å². The number of hydrogen-bond acceptors (Lipinski definition) is 5. The Morgan fingerprint density at radius 1 is 1.38 bits per heavy atom. The van der Waals surface area contributed by atoms with Gasteiger partial charge in [0.1, 0.15) is 10.7 Å². The average molecular weight is 314 g/mol. The van der Waals surface area contributed by atoms with Crippen molar-refractivity contribution in [3.63, 3.8) is 0 Å². The van der Waals surface area contributed by atoms with Crippen LogP contribution in [0.15, 0.2) is 0 Å². The van der Waals surface area contributed by atoms with Crippen LogP contribution >= 0.6 is 11.6 Å². The molecule has 0 bridgehead atoms. The Morgan fingerprint density at radius 2 is 2.14 bits per heavy atom. The summed E-state index contributed by atoms with van der Waals surface area (Å²) in [5.74, 6) is -0.154. The number of hydrogen-bond donors (Lipinski definition) is 3. The molecule has 2 aliphatic rings. The smallest absolute Gasteiger partial charge is 0.271 e.